The zero-order valence-electron chi connectivity index (χ0n) is 14.8. The molecule has 2 aromatic carbocycles. The van der Waals surface area contributed by atoms with Crippen molar-refractivity contribution in [3.8, 4) is 5.75 Å². The highest BCUT2D eigenvalue weighted by atomic mass is 35.5. The van der Waals surface area contributed by atoms with E-state index in [2.05, 4.69) is 5.32 Å². The highest BCUT2D eigenvalue weighted by molar-refractivity contribution is 6.33. The Morgan fingerprint density at radius 2 is 1.72 bits per heavy atom. The van der Waals surface area contributed by atoms with Crippen LogP contribution in [0.1, 0.15) is 16.3 Å². The van der Waals surface area contributed by atoms with E-state index in [1.165, 1.54) is 42.5 Å². The first kappa shape index (κ1) is 20.3. The Morgan fingerprint density at radius 1 is 1.00 bits per heavy atom. The van der Waals surface area contributed by atoms with Crippen LogP contribution in [-0.2, 0) is 16.1 Å². The smallest absolute Gasteiger partial charge is 0.374 e. The number of hydrogen-bond donors (Lipinski definition) is 1. The molecule has 1 N–H and O–H groups in total. The summed E-state index contributed by atoms with van der Waals surface area (Å²) in [5.41, 5.74) is 0.187. The number of carbonyl (C=O) groups excluding carboxylic acids is 2. The van der Waals surface area contributed by atoms with Crippen molar-refractivity contribution in [1.82, 2.24) is 0 Å². The van der Waals surface area contributed by atoms with Crippen molar-refractivity contribution in [3.05, 3.63) is 82.8 Å². The summed E-state index contributed by atoms with van der Waals surface area (Å²) >= 11 is 5.81. The number of carbonyl (C=O) groups is 2. The highest BCUT2D eigenvalue weighted by Gasteiger charge is 2.16. The highest BCUT2D eigenvalue weighted by Crippen LogP contribution is 2.22. The Balaban J connectivity index is 1.48. The predicted octanol–water partition coefficient (Wildman–Crippen LogP) is 4.59. The van der Waals surface area contributed by atoms with Crippen LogP contribution in [0.15, 0.2) is 59.0 Å². The summed E-state index contributed by atoms with van der Waals surface area (Å²) in [6.07, 6.45) is 0. The Hall–Kier alpha value is -3.39. The van der Waals surface area contributed by atoms with E-state index in [9.17, 15) is 18.4 Å². The SMILES string of the molecule is O=C(COC(=O)c1ccc(COc2ccc(F)cc2)o1)Nc1ccc(F)cc1Cl. The van der Waals surface area contributed by atoms with E-state index >= 15 is 0 Å². The Morgan fingerprint density at radius 3 is 2.45 bits per heavy atom. The van der Waals surface area contributed by atoms with Gasteiger partial charge in [0.05, 0.1) is 10.7 Å². The molecule has 0 aliphatic heterocycles. The van der Waals surface area contributed by atoms with Crippen molar-refractivity contribution < 1.29 is 32.3 Å². The topological polar surface area (TPSA) is 77.8 Å². The third-order valence-electron chi connectivity index (χ3n) is 3.60. The fourth-order valence-electron chi connectivity index (χ4n) is 2.23. The quantitative estimate of drug-likeness (QED) is 0.565. The van der Waals surface area contributed by atoms with Gasteiger partial charge in [0.1, 0.15) is 29.8 Å². The number of hydrogen-bond acceptors (Lipinski definition) is 5. The number of amides is 1. The maximum atomic E-state index is 13.0. The van der Waals surface area contributed by atoms with Crippen LogP contribution in [0.3, 0.4) is 0 Å². The number of nitrogens with one attached hydrogen (secondary N) is 1. The summed E-state index contributed by atoms with van der Waals surface area (Å²) in [4.78, 5) is 23.8. The molecule has 0 spiro atoms. The molecule has 0 aliphatic rings. The van der Waals surface area contributed by atoms with Gasteiger partial charge < -0.3 is 19.2 Å². The number of ether oxygens (including phenoxy) is 2. The van der Waals surface area contributed by atoms with Gasteiger partial charge in [-0.25, -0.2) is 13.6 Å². The number of benzene rings is 2. The molecule has 0 fully saturated rings. The molecule has 3 aromatic rings. The minimum absolute atomic E-state index is 0.0153. The molecule has 1 aromatic heterocycles. The van der Waals surface area contributed by atoms with E-state index in [1.807, 2.05) is 0 Å². The van der Waals surface area contributed by atoms with E-state index in [0.29, 0.717) is 11.5 Å². The largest absolute Gasteiger partial charge is 0.486 e. The van der Waals surface area contributed by atoms with Gasteiger partial charge in [0, 0.05) is 0 Å². The van der Waals surface area contributed by atoms with Crippen LogP contribution in [0, 0.1) is 11.6 Å². The monoisotopic (exact) mass is 421 g/mol. The van der Waals surface area contributed by atoms with E-state index in [-0.39, 0.29) is 28.9 Å². The van der Waals surface area contributed by atoms with Gasteiger partial charge in [-0.1, -0.05) is 11.6 Å². The minimum atomic E-state index is -0.849. The van der Waals surface area contributed by atoms with E-state index in [4.69, 9.17) is 25.5 Å². The van der Waals surface area contributed by atoms with Crippen molar-refractivity contribution in [2.45, 2.75) is 6.61 Å². The molecule has 3 rings (SSSR count). The van der Waals surface area contributed by atoms with Gasteiger partial charge in [-0.15, -0.1) is 0 Å². The van der Waals surface area contributed by atoms with E-state index in [0.717, 1.165) is 12.1 Å². The summed E-state index contributed by atoms with van der Waals surface area (Å²) in [6.45, 7) is -0.572. The molecule has 0 bridgehead atoms. The molecule has 0 aliphatic carbocycles. The number of furan rings is 1. The lowest BCUT2D eigenvalue weighted by atomic mass is 10.3. The second kappa shape index (κ2) is 9.20. The standard InChI is InChI=1S/C20H14ClF2NO5/c21-16-9-13(23)3-7-17(16)24-19(25)11-28-20(26)18-8-6-15(29-18)10-27-14-4-1-12(22)2-5-14/h1-9H,10-11H2,(H,24,25). The maximum absolute atomic E-state index is 13.0. The van der Waals surface area contributed by atoms with Gasteiger partial charge in [-0.2, -0.15) is 0 Å². The first-order chi connectivity index (χ1) is 13.9. The summed E-state index contributed by atoms with van der Waals surface area (Å²) < 4.78 is 41.4. The molecule has 150 valence electrons. The third-order valence-corrected chi connectivity index (χ3v) is 3.91. The molecule has 1 heterocycles. The fourth-order valence-corrected chi connectivity index (χ4v) is 2.44. The number of rotatable bonds is 7. The van der Waals surface area contributed by atoms with E-state index in [1.54, 1.807) is 0 Å². The zero-order chi connectivity index (χ0) is 20.8. The molecule has 0 atom stereocenters. The molecule has 0 saturated heterocycles. The molecule has 0 unspecified atom stereocenters. The molecule has 0 saturated carbocycles. The summed E-state index contributed by atoms with van der Waals surface area (Å²) in [5, 5.41) is 2.42. The van der Waals surface area contributed by atoms with Crippen molar-refractivity contribution in [1.29, 1.82) is 0 Å². The van der Waals surface area contributed by atoms with Crippen LogP contribution in [0.2, 0.25) is 5.02 Å². The Bertz CT molecular complexity index is 1020. The Kier molecular flexibility index (Phi) is 6.46. The number of anilines is 1. The lowest BCUT2D eigenvalue weighted by Crippen LogP contribution is -2.21. The lowest BCUT2D eigenvalue weighted by Gasteiger charge is -2.07. The molecule has 1 amide bonds. The van der Waals surface area contributed by atoms with Crippen molar-refractivity contribution in [2.24, 2.45) is 0 Å². The number of halogens is 3. The molecule has 0 radical (unpaired) electrons. The van der Waals surface area contributed by atoms with Crippen LogP contribution < -0.4 is 10.1 Å². The van der Waals surface area contributed by atoms with Gasteiger partial charge in [0.25, 0.3) is 5.91 Å². The van der Waals surface area contributed by atoms with Crippen LogP contribution in [-0.4, -0.2) is 18.5 Å². The van der Waals surface area contributed by atoms with Gasteiger partial charge in [-0.3, -0.25) is 4.79 Å². The van der Waals surface area contributed by atoms with Crippen molar-refractivity contribution in [3.63, 3.8) is 0 Å². The molecule has 29 heavy (non-hydrogen) atoms. The zero-order valence-corrected chi connectivity index (χ0v) is 15.5. The van der Waals surface area contributed by atoms with Crippen LogP contribution in [0.5, 0.6) is 5.75 Å². The predicted molar refractivity (Wildman–Crippen MR) is 99.8 cm³/mol. The van der Waals surface area contributed by atoms with Crippen molar-refractivity contribution in [2.75, 3.05) is 11.9 Å². The second-order valence-corrected chi connectivity index (χ2v) is 6.16. The van der Waals surface area contributed by atoms with Gasteiger partial charge in [0.15, 0.2) is 6.61 Å². The van der Waals surface area contributed by atoms with Crippen LogP contribution >= 0.6 is 11.6 Å². The van der Waals surface area contributed by atoms with Gasteiger partial charge in [-0.05, 0) is 54.6 Å². The number of esters is 1. The maximum Gasteiger partial charge on any atom is 0.374 e. The third kappa shape index (κ3) is 5.79. The summed E-state index contributed by atoms with van der Waals surface area (Å²) in [6, 6.07) is 11.8. The van der Waals surface area contributed by atoms with E-state index < -0.39 is 24.3 Å². The summed E-state index contributed by atoms with van der Waals surface area (Å²) in [5.74, 6) is -1.78. The molecular weight excluding hydrogens is 408 g/mol. The normalized spacial score (nSPS) is 10.4. The average Bonchev–Trinajstić information content (AvgIpc) is 3.17. The van der Waals surface area contributed by atoms with Crippen molar-refractivity contribution >= 4 is 29.2 Å². The lowest BCUT2D eigenvalue weighted by molar-refractivity contribution is -0.119. The van der Waals surface area contributed by atoms with Gasteiger partial charge >= 0.3 is 5.97 Å². The minimum Gasteiger partial charge on any atom is -0.486 e. The van der Waals surface area contributed by atoms with Crippen LogP contribution in [0.4, 0.5) is 14.5 Å². The van der Waals surface area contributed by atoms with Gasteiger partial charge in [0.2, 0.25) is 5.76 Å². The fraction of sp³-hybridized carbons (Fsp3) is 0.100. The first-order valence-electron chi connectivity index (χ1n) is 8.30. The first-order valence-corrected chi connectivity index (χ1v) is 8.67. The molecule has 9 heteroatoms. The molecule has 6 nitrogen and oxygen atoms in total. The second-order valence-electron chi connectivity index (χ2n) is 5.76. The average molecular weight is 422 g/mol. The van der Waals surface area contributed by atoms with Crippen LogP contribution in [0.25, 0.3) is 0 Å². The molecular formula is C20H14ClF2NO5. The Labute approximate surface area is 169 Å². The summed E-state index contributed by atoms with van der Waals surface area (Å²) in [7, 11) is 0.